The normalized spacial score (nSPS) is 12.3. The predicted molar refractivity (Wildman–Crippen MR) is 109 cm³/mol. The average Bonchev–Trinajstić information content (AvgIpc) is 2.99. The first-order valence-electron chi connectivity index (χ1n) is 9.07. The van der Waals surface area contributed by atoms with E-state index in [0.29, 0.717) is 6.54 Å². The standard InChI is InChI=1S/C21H24N4O3/c1-23(2)20(18-14-24(3)19-7-5-4-6-17(18)19)13-22-21(26)12-15-8-10-16(11-9-15)25(27)28/h4-11,14,20H,12-13H2,1-3H3,(H,22,26). The number of nitro groups is 1. The molecule has 1 N–H and O–H groups in total. The summed E-state index contributed by atoms with van der Waals surface area (Å²) in [7, 11) is 6.01. The fraction of sp³-hybridized carbons (Fsp3) is 0.286. The highest BCUT2D eigenvalue weighted by molar-refractivity contribution is 5.84. The molecule has 1 atom stereocenters. The molecule has 1 heterocycles. The summed E-state index contributed by atoms with van der Waals surface area (Å²) in [6.07, 6.45) is 2.30. The number of nitrogens with one attached hydrogen (secondary N) is 1. The van der Waals surface area contributed by atoms with Crippen LogP contribution in [0.1, 0.15) is 17.2 Å². The molecule has 0 saturated carbocycles. The molecule has 0 aliphatic heterocycles. The Morgan fingerprint density at radius 1 is 1.18 bits per heavy atom. The molecule has 0 radical (unpaired) electrons. The van der Waals surface area contributed by atoms with Crippen molar-refractivity contribution in [1.82, 2.24) is 14.8 Å². The molecule has 0 saturated heterocycles. The summed E-state index contributed by atoms with van der Waals surface area (Å²) in [5.41, 5.74) is 3.09. The van der Waals surface area contributed by atoms with Gasteiger partial charge in [-0.25, -0.2) is 0 Å². The van der Waals surface area contributed by atoms with Crippen molar-refractivity contribution in [1.29, 1.82) is 0 Å². The number of para-hydroxylation sites is 1. The summed E-state index contributed by atoms with van der Waals surface area (Å²) in [4.78, 5) is 24.8. The summed E-state index contributed by atoms with van der Waals surface area (Å²) in [5, 5.41) is 14.9. The number of nitrogens with zero attached hydrogens (tertiary/aromatic N) is 3. The number of rotatable bonds is 7. The zero-order chi connectivity index (χ0) is 20.3. The van der Waals surface area contributed by atoms with Crippen LogP contribution in [0.15, 0.2) is 54.7 Å². The number of aromatic nitrogens is 1. The van der Waals surface area contributed by atoms with E-state index >= 15 is 0 Å². The molecule has 0 bridgehead atoms. The Morgan fingerprint density at radius 3 is 2.50 bits per heavy atom. The number of aryl methyl sites for hydroxylation is 1. The van der Waals surface area contributed by atoms with Gasteiger partial charge in [-0.2, -0.15) is 0 Å². The number of carbonyl (C=O) groups excluding carboxylic acids is 1. The Bertz CT molecular complexity index is 993. The van der Waals surface area contributed by atoms with Gasteiger partial charge in [-0.3, -0.25) is 14.9 Å². The Hall–Kier alpha value is -3.19. The second kappa shape index (κ2) is 8.22. The Balaban J connectivity index is 1.69. The molecule has 0 fully saturated rings. The van der Waals surface area contributed by atoms with E-state index in [1.165, 1.54) is 23.1 Å². The zero-order valence-corrected chi connectivity index (χ0v) is 16.3. The molecule has 3 aromatic rings. The lowest BCUT2D eigenvalue weighted by Crippen LogP contribution is -2.35. The van der Waals surface area contributed by atoms with Crippen molar-refractivity contribution < 1.29 is 9.72 Å². The summed E-state index contributed by atoms with van der Waals surface area (Å²) >= 11 is 0. The van der Waals surface area contributed by atoms with E-state index in [0.717, 1.165) is 11.1 Å². The van der Waals surface area contributed by atoms with E-state index in [1.54, 1.807) is 12.1 Å². The second-order valence-corrected chi connectivity index (χ2v) is 7.10. The van der Waals surface area contributed by atoms with Crippen LogP contribution < -0.4 is 5.32 Å². The molecule has 7 nitrogen and oxygen atoms in total. The van der Waals surface area contributed by atoms with E-state index in [4.69, 9.17) is 0 Å². The lowest BCUT2D eigenvalue weighted by atomic mass is 10.0. The molecule has 0 aliphatic carbocycles. The van der Waals surface area contributed by atoms with Gasteiger partial charge in [0, 0.05) is 42.8 Å². The number of carbonyl (C=O) groups is 1. The number of amides is 1. The maximum absolute atomic E-state index is 12.4. The summed E-state index contributed by atoms with van der Waals surface area (Å²) in [6.45, 7) is 0.479. The largest absolute Gasteiger partial charge is 0.354 e. The minimum Gasteiger partial charge on any atom is -0.354 e. The average molecular weight is 380 g/mol. The Morgan fingerprint density at radius 2 is 1.86 bits per heavy atom. The lowest BCUT2D eigenvalue weighted by molar-refractivity contribution is -0.384. The fourth-order valence-corrected chi connectivity index (χ4v) is 3.40. The minimum atomic E-state index is -0.449. The second-order valence-electron chi connectivity index (χ2n) is 7.10. The van der Waals surface area contributed by atoms with Gasteiger partial charge in [-0.05, 0) is 31.3 Å². The monoisotopic (exact) mass is 380 g/mol. The van der Waals surface area contributed by atoms with Crippen LogP contribution in [0.2, 0.25) is 0 Å². The molecule has 146 valence electrons. The quantitative estimate of drug-likeness (QED) is 0.505. The SMILES string of the molecule is CN(C)C(CNC(=O)Cc1ccc([N+](=O)[O-])cc1)c1cn(C)c2ccccc12. The van der Waals surface area contributed by atoms with Crippen molar-refractivity contribution in [2.24, 2.45) is 7.05 Å². The Kier molecular flexibility index (Phi) is 5.75. The number of non-ortho nitro benzene ring substituents is 1. The van der Waals surface area contributed by atoms with E-state index in [9.17, 15) is 14.9 Å². The highest BCUT2D eigenvalue weighted by atomic mass is 16.6. The number of benzene rings is 2. The van der Waals surface area contributed by atoms with Crippen molar-refractivity contribution in [2.45, 2.75) is 12.5 Å². The number of hydrogen-bond acceptors (Lipinski definition) is 4. The molecule has 2 aromatic carbocycles. The van der Waals surface area contributed by atoms with Crippen LogP contribution in [-0.4, -0.2) is 40.9 Å². The Labute approximate surface area is 163 Å². The van der Waals surface area contributed by atoms with Gasteiger partial charge in [0.05, 0.1) is 17.4 Å². The third kappa shape index (κ3) is 4.20. The molecule has 3 rings (SSSR count). The molecule has 7 heteroatoms. The number of hydrogen-bond donors (Lipinski definition) is 1. The van der Waals surface area contributed by atoms with Crippen LogP contribution >= 0.6 is 0 Å². The van der Waals surface area contributed by atoms with E-state index in [1.807, 2.05) is 33.3 Å². The van der Waals surface area contributed by atoms with Gasteiger partial charge in [-0.15, -0.1) is 0 Å². The fourth-order valence-electron chi connectivity index (χ4n) is 3.40. The summed E-state index contributed by atoms with van der Waals surface area (Å²) in [6, 6.07) is 14.3. The van der Waals surface area contributed by atoms with Crippen LogP contribution in [0, 0.1) is 10.1 Å². The maximum Gasteiger partial charge on any atom is 0.269 e. The minimum absolute atomic E-state index is 0.0211. The van der Waals surface area contributed by atoms with Gasteiger partial charge in [0.15, 0.2) is 0 Å². The molecule has 1 amide bonds. The third-order valence-corrected chi connectivity index (χ3v) is 4.91. The topological polar surface area (TPSA) is 80.4 Å². The smallest absolute Gasteiger partial charge is 0.269 e. The van der Waals surface area contributed by atoms with Crippen molar-refractivity contribution in [2.75, 3.05) is 20.6 Å². The number of likely N-dealkylation sites (N-methyl/N-ethyl adjacent to an activating group) is 1. The molecule has 1 aromatic heterocycles. The first-order chi connectivity index (χ1) is 13.4. The van der Waals surface area contributed by atoms with Gasteiger partial charge >= 0.3 is 0 Å². The molecule has 0 spiro atoms. The van der Waals surface area contributed by atoms with E-state index in [2.05, 4.69) is 33.1 Å². The zero-order valence-electron chi connectivity index (χ0n) is 16.3. The molecule has 1 unspecified atom stereocenters. The molecular weight excluding hydrogens is 356 g/mol. The summed E-state index contributed by atoms with van der Waals surface area (Å²) in [5.74, 6) is -0.110. The third-order valence-electron chi connectivity index (χ3n) is 4.91. The molecular formula is C21H24N4O3. The molecule has 0 aliphatic rings. The highest BCUT2D eigenvalue weighted by Crippen LogP contribution is 2.28. The van der Waals surface area contributed by atoms with Gasteiger partial charge < -0.3 is 14.8 Å². The summed E-state index contributed by atoms with van der Waals surface area (Å²) < 4.78 is 2.10. The number of fused-ring (bicyclic) bond motifs is 1. The van der Waals surface area contributed by atoms with Crippen LogP contribution in [0.5, 0.6) is 0 Å². The van der Waals surface area contributed by atoms with Crippen LogP contribution in [0.4, 0.5) is 5.69 Å². The first-order valence-corrected chi connectivity index (χ1v) is 9.07. The van der Waals surface area contributed by atoms with Crippen molar-refractivity contribution in [3.05, 3.63) is 76.0 Å². The highest BCUT2D eigenvalue weighted by Gasteiger charge is 2.20. The van der Waals surface area contributed by atoms with Crippen LogP contribution in [0.25, 0.3) is 10.9 Å². The van der Waals surface area contributed by atoms with Crippen LogP contribution in [-0.2, 0) is 18.3 Å². The predicted octanol–water partition coefficient (Wildman–Crippen LogP) is 3.05. The van der Waals surface area contributed by atoms with E-state index in [-0.39, 0.29) is 24.1 Å². The number of nitro benzene ring substituents is 1. The molecule has 28 heavy (non-hydrogen) atoms. The van der Waals surface area contributed by atoms with Crippen LogP contribution in [0.3, 0.4) is 0 Å². The van der Waals surface area contributed by atoms with Gasteiger partial charge in [-0.1, -0.05) is 30.3 Å². The van der Waals surface area contributed by atoms with Gasteiger partial charge in [0.1, 0.15) is 0 Å². The van der Waals surface area contributed by atoms with Crippen molar-refractivity contribution in [3.63, 3.8) is 0 Å². The first kappa shape index (κ1) is 19.6. The lowest BCUT2D eigenvalue weighted by Gasteiger charge is -2.24. The van der Waals surface area contributed by atoms with E-state index < -0.39 is 4.92 Å². The van der Waals surface area contributed by atoms with Gasteiger partial charge in [0.25, 0.3) is 5.69 Å². The van der Waals surface area contributed by atoms with Crippen molar-refractivity contribution in [3.8, 4) is 0 Å². The van der Waals surface area contributed by atoms with Gasteiger partial charge in [0.2, 0.25) is 5.91 Å². The maximum atomic E-state index is 12.4. The van der Waals surface area contributed by atoms with Crippen molar-refractivity contribution >= 4 is 22.5 Å².